The monoisotopic (exact) mass is 246 g/mol. The molecule has 0 aromatic heterocycles. The van der Waals surface area contributed by atoms with Crippen LogP contribution in [0.1, 0.15) is 37.8 Å². The van der Waals surface area contributed by atoms with Gasteiger partial charge in [0.25, 0.3) is 0 Å². The number of aryl methyl sites for hydroxylation is 1. The Bertz CT molecular complexity index is 358. The Morgan fingerprint density at radius 2 is 2.00 bits per heavy atom. The number of benzene rings is 1. The summed E-state index contributed by atoms with van der Waals surface area (Å²) in [6.45, 7) is 10.1. The SMILES string of the molecule is CCNC1CCN(Cc2ccc(C)cc2)C(C)C1. The van der Waals surface area contributed by atoms with Crippen molar-refractivity contribution in [3.8, 4) is 0 Å². The molecular formula is C16H26N2. The van der Waals surface area contributed by atoms with Crippen molar-refractivity contribution in [3.05, 3.63) is 35.4 Å². The molecule has 1 heterocycles. The molecule has 18 heavy (non-hydrogen) atoms. The van der Waals surface area contributed by atoms with Crippen molar-refractivity contribution in [1.29, 1.82) is 0 Å². The van der Waals surface area contributed by atoms with Gasteiger partial charge in [0.15, 0.2) is 0 Å². The van der Waals surface area contributed by atoms with E-state index in [1.54, 1.807) is 0 Å². The van der Waals surface area contributed by atoms with Gasteiger partial charge in [-0.15, -0.1) is 0 Å². The van der Waals surface area contributed by atoms with E-state index < -0.39 is 0 Å². The lowest BCUT2D eigenvalue weighted by atomic mass is 9.97. The second kappa shape index (κ2) is 6.35. The maximum absolute atomic E-state index is 3.58. The number of hydrogen-bond acceptors (Lipinski definition) is 2. The predicted octanol–water partition coefficient (Wildman–Crippen LogP) is 2.96. The van der Waals surface area contributed by atoms with Crippen LogP contribution in [0.25, 0.3) is 0 Å². The fraction of sp³-hybridized carbons (Fsp3) is 0.625. The van der Waals surface area contributed by atoms with Gasteiger partial charge in [-0.1, -0.05) is 36.8 Å². The molecule has 1 saturated heterocycles. The molecule has 1 aromatic rings. The number of rotatable bonds is 4. The third-order valence-corrected chi connectivity index (χ3v) is 4.01. The van der Waals surface area contributed by atoms with Gasteiger partial charge in [0, 0.05) is 25.2 Å². The summed E-state index contributed by atoms with van der Waals surface area (Å²) in [5.41, 5.74) is 2.78. The van der Waals surface area contributed by atoms with E-state index >= 15 is 0 Å². The van der Waals surface area contributed by atoms with Crippen LogP contribution in [0.4, 0.5) is 0 Å². The Labute approximate surface area is 111 Å². The molecule has 1 aromatic carbocycles. The second-order valence-corrected chi connectivity index (χ2v) is 5.58. The first-order valence-corrected chi connectivity index (χ1v) is 7.22. The maximum Gasteiger partial charge on any atom is 0.0236 e. The summed E-state index contributed by atoms with van der Waals surface area (Å²) in [5.74, 6) is 0. The van der Waals surface area contributed by atoms with Crippen molar-refractivity contribution in [1.82, 2.24) is 10.2 Å². The van der Waals surface area contributed by atoms with Crippen LogP contribution < -0.4 is 5.32 Å². The van der Waals surface area contributed by atoms with Gasteiger partial charge in [-0.25, -0.2) is 0 Å². The van der Waals surface area contributed by atoms with E-state index in [-0.39, 0.29) is 0 Å². The lowest BCUT2D eigenvalue weighted by Gasteiger charge is -2.38. The third kappa shape index (κ3) is 3.56. The molecule has 2 atom stereocenters. The van der Waals surface area contributed by atoms with E-state index in [4.69, 9.17) is 0 Å². The summed E-state index contributed by atoms with van der Waals surface area (Å²) < 4.78 is 0. The Morgan fingerprint density at radius 3 is 2.61 bits per heavy atom. The molecule has 0 bridgehead atoms. The molecule has 0 amide bonds. The van der Waals surface area contributed by atoms with Crippen molar-refractivity contribution in [2.24, 2.45) is 0 Å². The van der Waals surface area contributed by atoms with Crippen molar-refractivity contribution >= 4 is 0 Å². The third-order valence-electron chi connectivity index (χ3n) is 4.01. The molecule has 0 radical (unpaired) electrons. The van der Waals surface area contributed by atoms with E-state index in [0.717, 1.165) is 19.1 Å². The molecule has 2 unspecified atom stereocenters. The molecule has 1 aliphatic heterocycles. The van der Waals surface area contributed by atoms with E-state index in [9.17, 15) is 0 Å². The minimum atomic E-state index is 0.684. The lowest BCUT2D eigenvalue weighted by Crippen LogP contribution is -2.46. The summed E-state index contributed by atoms with van der Waals surface area (Å²) in [5, 5.41) is 3.58. The number of piperidine rings is 1. The smallest absolute Gasteiger partial charge is 0.0236 e. The quantitative estimate of drug-likeness (QED) is 0.878. The first-order chi connectivity index (χ1) is 8.69. The van der Waals surface area contributed by atoms with Crippen molar-refractivity contribution < 1.29 is 0 Å². The van der Waals surface area contributed by atoms with Gasteiger partial charge in [-0.3, -0.25) is 4.90 Å². The van der Waals surface area contributed by atoms with Crippen molar-refractivity contribution in [3.63, 3.8) is 0 Å². The summed E-state index contributed by atoms with van der Waals surface area (Å²) >= 11 is 0. The molecule has 1 N–H and O–H groups in total. The fourth-order valence-corrected chi connectivity index (χ4v) is 2.86. The Kier molecular flexibility index (Phi) is 4.79. The van der Waals surface area contributed by atoms with Crippen LogP contribution in [0.3, 0.4) is 0 Å². The normalized spacial score (nSPS) is 25.3. The average molecular weight is 246 g/mol. The van der Waals surface area contributed by atoms with Gasteiger partial charge in [-0.2, -0.15) is 0 Å². The van der Waals surface area contributed by atoms with Gasteiger partial charge < -0.3 is 5.32 Å². The fourth-order valence-electron chi connectivity index (χ4n) is 2.86. The van der Waals surface area contributed by atoms with E-state index in [1.807, 2.05) is 0 Å². The molecule has 0 aliphatic carbocycles. The number of hydrogen-bond donors (Lipinski definition) is 1. The predicted molar refractivity (Wildman–Crippen MR) is 77.7 cm³/mol. The summed E-state index contributed by atoms with van der Waals surface area (Å²) in [6.07, 6.45) is 2.56. The van der Waals surface area contributed by atoms with Gasteiger partial charge >= 0.3 is 0 Å². The summed E-state index contributed by atoms with van der Waals surface area (Å²) in [6, 6.07) is 10.4. The summed E-state index contributed by atoms with van der Waals surface area (Å²) in [4.78, 5) is 2.61. The number of nitrogens with zero attached hydrogens (tertiary/aromatic N) is 1. The first kappa shape index (κ1) is 13.6. The highest BCUT2D eigenvalue weighted by atomic mass is 15.2. The van der Waals surface area contributed by atoms with Crippen LogP contribution in [-0.2, 0) is 6.54 Å². The van der Waals surface area contributed by atoms with Crippen LogP contribution in [0.5, 0.6) is 0 Å². The standard InChI is InChI=1S/C16H26N2/c1-4-17-16-9-10-18(14(3)11-16)12-15-7-5-13(2)6-8-15/h5-8,14,16-17H,4,9-12H2,1-3H3. The lowest BCUT2D eigenvalue weighted by molar-refractivity contribution is 0.129. The highest BCUT2D eigenvalue weighted by molar-refractivity contribution is 5.21. The van der Waals surface area contributed by atoms with Crippen LogP contribution in [0, 0.1) is 6.92 Å². The van der Waals surface area contributed by atoms with Gasteiger partial charge in [0.1, 0.15) is 0 Å². The minimum absolute atomic E-state index is 0.684. The molecule has 0 spiro atoms. The molecule has 0 saturated carbocycles. The van der Waals surface area contributed by atoms with Crippen LogP contribution >= 0.6 is 0 Å². The Hall–Kier alpha value is -0.860. The molecule has 100 valence electrons. The van der Waals surface area contributed by atoms with Gasteiger partial charge in [0.05, 0.1) is 0 Å². The van der Waals surface area contributed by atoms with E-state index in [2.05, 4.69) is 55.3 Å². The molecule has 1 aliphatic rings. The zero-order valence-electron chi connectivity index (χ0n) is 11.9. The topological polar surface area (TPSA) is 15.3 Å². The van der Waals surface area contributed by atoms with Crippen LogP contribution in [0.15, 0.2) is 24.3 Å². The van der Waals surface area contributed by atoms with Crippen molar-refractivity contribution in [2.45, 2.75) is 52.2 Å². The molecule has 2 heteroatoms. The largest absolute Gasteiger partial charge is 0.314 e. The second-order valence-electron chi connectivity index (χ2n) is 5.58. The maximum atomic E-state index is 3.58. The first-order valence-electron chi connectivity index (χ1n) is 7.22. The zero-order chi connectivity index (χ0) is 13.0. The molecule has 2 rings (SSSR count). The summed E-state index contributed by atoms with van der Waals surface area (Å²) in [7, 11) is 0. The van der Waals surface area contributed by atoms with Gasteiger partial charge in [-0.05, 0) is 38.8 Å². The highest BCUT2D eigenvalue weighted by Crippen LogP contribution is 2.20. The minimum Gasteiger partial charge on any atom is -0.314 e. The Balaban J connectivity index is 1.89. The van der Waals surface area contributed by atoms with E-state index in [0.29, 0.717) is 6.04 Å². The average Bonchev–Trinajstić information content (AvgIpc) is 2.36. The van der Waals surface area contributed by atoms with Crippen LogP contribution in [-0.4, -0.2) is 30.1 Å². The van der Waals surface area contributed by atoms with Gasteiger partial charge in [0.2, 0.25) is 0 Å². The number of likely N-dealkylation sites (tertiary alicyclic amines) is 1. The molecular weight excluding hydrogens is 220 g/mol. The van der Waals surface area contributed by atoms with Crippen molar-refractivity contribution in [2.75, 3.05) is 13.1 Å². The zero-order valence-corrected chi connectivity index (χ0v) is 11.9. The van der Waals surface area contributed by atoms with Crippen LogP contribution in [0.2, 0.25) is 0 Å². The Morgan fingerprint density at radius 1 is 1.28 bits per heavy atom. The molecule has 1 fully saturated rings. The number of nitrogens with one attached hydrogen (secondary N) is 1. The highest BCUT2D eigenvalue weighted by Gasteiger charge is 2.24. The molecule has 2 nitrogen and oxygen atoms in total. The van der Waals surface area contributed by atoms with E-state index in [1.165, 1.54) is 30.5 Å².